The number of hydrogen-bond donors (Lipinski definition) is 1. The Kier molecular flexibility index (Phi) is 2.77. The second kappa shape index (κ2) is 4.19. The summed E-state index contributed by atoms with van der Waals surface area (Å²) in [6, 6.07) is 12.3. The summed E-state index contributed by atoms with van der Waals surface area (Å²) in [6.45, 7) is 3.95. The maximum atomic E-state index is 10.9. The second-order valence-electron chi connectivity index (χ2n) is 4.63. The molecule has 3 heteroatoms. The number of aryl methyl sites for hydroxylation is 1. The van der Waals surface area contributed by atoms with Crippen molar-refractivity contribution in [2.45, 2.75) is 19.4 Å². The first-order valence-electron chi connectivity index (χ1n) is 5.85. The Bertz CT molecular complexity index is 691. The van der Waals surface area contributed by atoms with Gasteiger partial charge in [0, 0.05) is 20.0 Å². The molecule has 0 fully saturated rings. The second-order valence-corrected chi connectivity index (χ2v) is 6.83. The summed E-state index contributed by atoms with van der Waals surface area (Å²) in [6.07, 6.45) is 0. The molecule has 0 aliphatic carbocycles. The van der Waals surface area contributed by atoms with Crippen LogP contribution in [-0.2, 0) is 5.60 Å². The molecule has 1 N–H and O–H groups in total. The molecule has 1 unspecified atom stereocenters. The zero-order valence-corrected chi connectivity index (χ0v) is 11.9. The van der Waals surface area contributed by atoms with Gasteiger partial charge in [0.15, 0.2) is 0 Å². The van der Waals surface area contributed by atoms with Gasteiger partial charge in [-0.05, 0) is 42.8 Å². The SMILES string of the molecule is Cc1ccc(C(C)(O)c2cccc3ccsc23)s1. The molecule has 0 spiro atoms. The molecule has 1 nitrogen and oxygen atoms in total. The first-order chi connectivity index (χ1) is 8.59. The van der Waals surface area contributed by atoms with Crippen LogP contribution in [0.25, 0.3) is 10.1 Å². The van der Waals surface area contributed by atoms with Crippen LogP contribution < -0.4 is 0 Å². The third-order valence-electron chi connectivity index (χ3n) is 3.22. The van der Waals surface area contributed by atoms with Crippen molar-refractivity contribution < 1.29 is 5.11 Å². The molecule has 0 radical (unpaired) electrons. The Hall–Kier alpha value is -1.16. The topological polar surface area (TPSA) is 20.2 Å². The quantitative estimate of drug-likeness (QED) is 0.728. The molecule has 2 heterocycles. The predicted octanol–water partition coefficient (Wildman–Crippen LogP) is 4.53. The van der Waals surface area contributed by atoms with E-state index >= 15 is 0 Å². The summed E-state index contributed by atoms with van der Waals surface area (Å²) in [5.74, 6) is 0. The van der Waals surface area contributed by atoms with E-state index in [1.807, 2.05) is 25.1 Å². The molecule has 2 aromatic heterocycles. The van der Waals surface area contributed by atoms with Gasteiger partial charge in [-0.1, -0.05) is 18.2 Å². The van der Waals surface area contributed by atoms with Crippen molar-refractivity contribution in [3.05, 3.63) is 57.1 Å². The average molecular weight is 274 g/mol. The van der Waals surface area contributed by atoms with Crippen molar-refractivity contribution in [3.63, 3.8) is 0 Å². The van der Waals surface area contributed by atoms with Gasteiger partial charge in [0.1, 0.15) is 5.60 Å². The third-order valence-corrected chi connectivity index (χ3v) is 5.40. The number of thiophene rings is 2. The van der Waals surface area contributed by atoms with E-state index in [4.69, 9.17) is 0 Å². The predicted molar refractivity (Wildman–Crippen MR) is 79.6 cm³/mol. The summed E-state index contributed by atoms with van der Waals surface area (Å²) in [5, 5.41) is 14.2. The van der Waals surface area contributed by atoms with E-state index in [1.54, 1.807) is 22.7 Å². The van der Waals surface area contributed by atoms with Crippen LogP contribution in [-0.4, -0.2) is 5.11 Å². The highest BCUT2D eigenvalue weighted by Crippen LogP contribution is 2.39. The molecule has 3 rings (SSSR count). The Balaban J connectivity index is 2.21. The average Bonchev–Trinajstić information content (AvgIpc) is 2.96. The molecule has 0 amide bonds. The van der Waals surface area contributed by atoms with Crippen molar-refractivity contribution in [2.24, 2.45) is 0 Å². The number of aliphatic hydroxyl groups is 1. The van der Waals surface area contributed by atoms with E-state index in [0.29, 0.717) is 0 Å². The van der Waals surface area contributed by atoms with E-state index in [1.165, 1.54) is 15.0 Å². The summed E-state index contributed by atoms with van der Waals surface area (Å²) in [4.78, 5) is 2.23. The molecule has 0 aliphatic heterocycles. The highest BCUT2D eigenvalue weighted by Gasteiger charge is 2.29. The summed E-state index contributed by atoms with van der Waals surface area (Å²) >= 11 is 3.34. The van der Waals surface area contributed by atoms with E-state index < -0.39 is 5.60 Å². The third kappa shape index (κ3) is 1.79. The van der Waals surface area contributed by atoms with Crippen molar-refractivity contribution >= 4 is 32.8 Å². The van der Waals surface area contributed by atoms with Crippen LogP contribution in [0, 0.1) is 6.92 Å². The lowest BCUT2D eigenvalue weighted by Crippen LogP contribution is -2.21. The standard InChI is InChI=1S/C15H14OS2/c1-10-6-7-13(18-10)15(2,16)12-5-3-4-11-8-9-17-14(11)12/h3-9,16H,1-2H3. The van der Waals surface area contributed by atoms with Gasteiger partial charge in [-0.3, -0.25) is 0 Å². The van der Waals surface area contributed by atoms with Gasteiger partial charge < -0.3 is 5.11 Å². The van der Waals surface area contributed by atoms with E-state index in [2.05, 4.69) is 30.5 Å². The van der Waals surface area contributed by atoms with Crippen molar-refractivity contribution in [3.8, 4) is 0 Å². The van der Waals surface area contributed by atoms with Crippen LogP contribution >= 0.6 is 22.7 Å². The van der Waals surface area contributed by atoms with Crippen LogP contribution in [0.3, 0.4) is 0 Å². The van der Waals surface area contributed by atoms with E-state index in [9.17, 15) is 5.11 Å². The molecule has 0 aliphatic rings. The fraction of sp³-hybridized carbons (Fsp3) is 0.200. The van der Waals surface area contributed by atoms with Crippen LogP contribution in [0.4, 0.5) is 0 Å². The van der Waals surface area contributed by atoms with Crippen LogP contribution in [0.2, 0.25) is 0 Å². The van der Waals surface area contributed by atoms with Crippen LogP contribution in [0.1, 0.15) is 22.2 Å². The largest absolute Gasteiger partial charge is 0.380 e. The van der Waals surface area contributed by atoms with Gasteiger partial charge >= 0.3 is 0 Å². The number of rotatable bonds is 2. The molecule has 0 saturated carbocycles. The smallest absolute Gasteiger partial charge is 0.122 e. The van der Waals surface area contributed by atoms with Gasteiger partial charge in [-0.25, -0.2) is 0 Å². The Morgan fingerprint density at radius 1 is 1.11 bits per heavy atom. The number of hydrogen-bond acceptors (Lipinski definition) is 3. The Labute approximate surface area is 114 Å². The summed E-state index contributed by atoms with van der Waals surface area (Å²) < 4.78 is 1.17. The first-order valence-corrected chi connectivity index (χ1v) is 7.54. The molecule has 92 valence electrons. The van der Waals surface area contributed by atoms with Gasteiger partial charge in [-0.2, -0.15) is 0 Å². The zero-order valence-electron chi connectivity index (χ0n) is 10.3. The minimum absolute atomic E-state index is 0.913. The van der Waals surface area contributed by atoms with Crippen molar-refractivity contribution in [2.75, 3.05) is 0 Å². The number of fused-ring (bicyclic) bond motifs is 1. The highest BCUT2D eigenvalue weighted by atomic mass is 32.1. The molecule has 0 saturated heterocycles. The van der Waals surface area contributed by atoms with E-state index in [-0.39, 0.29) is 0 Å². The van der Waals surface area contributed by atoms with Crippen LogP contribution in [0.15, 0.2) is 41.8 Å². The lowest BCUT2D eigenvalue weighted by Gasteiger charge is -2.23. The number of benzene rings is 1. The Morgan fingerprint density at radius 3 is 2.67 bits per heavy atom. The summed E-state index contributed by atoms with van der Waals surface area (Å²) in [5.41, 5.74) is 0.0837. The molecule has 1 atom stereocenters. The fourth-order valence-electron chi connectivity index (χ4n) is 2.21. The van der Waals surface area contributed by atoms with Gasteiger partial charge in [0.2, 0.25) is 0 Å². The molecule has 3 aromatic rings. The lowest BCUT2D eigenvalue weighted by atomic mass is 9.93. The molecular formula is C15H14OS2. The molecule has 18 heavy (non-hydrogen) atoms. The monoisotopic (exact) mass is 274 g/mol. The minimum Gasteiger partial charge on any atom is -0.380 e. The van der Waals surface area contributed by atoms with Crippen molar-refractivity contribution in [1.29, 1.82) is 0 Å². The van der Waals surface area contributed by atoms with Gasteiger partial charge in [0.05, 0.1) is 0 Å². The summed E-state index contributed by atoms with van der Waals surface area (Å²) in [7, 11) is 0. The highest BCUT2D eigenvalue weighted by molar-refractivity contribution is 7.17. The molecular weight excluding hydrogens is 260 g/mol. The van der Waals surface area contributed by atoms with E-state index in [0.717, 1.165) is 10.4 Å². The Morgan fingerprint density at radius 2 is 1.94 bits per heavy atom. The first kappa shape index (κ1) is 11.9. The van der Waals surface area contributed by atoms with Gasteiger partial charge in [-0.15, -0.1) is 22.7 Å². The minimum atomic E-state index is -0.913. The van der Waals surface area contributed by atoms with Crippen LogP contribution in [0.5, 0.6) is 0 Å². The van der Waals surface area contributed by atoms with Gasteiger partial charge in [0.25, 0.3) is 0 Å². The maximum absolute atomic E-state index is 10.9. The lowest BCUT2D eigenvalue weighted by molar-refractivity contribution is 0.108. The van der Waals surface area contributed by atoms with Crippen molar-refractivity contribution in [1.82, 2.24) is 0 Å². The molecule has 1 aromatic carbocycles. The fourth-order valence-corrected chi connectivity index (χ4v) is 4.15. The zero-order chi connectivity index (χ0) is 12.8. The molecule has 0 bridgehead atoms. The maximum Gasteiger partial charge on any atom is 0.122 e. The normalized spacial score (nSPS) is 14.8.